The predicted molar refractivity (Wildman–Crippen MR) is 121 cm³/mol. The summed E-state index contributed by atoms with van der Waals surface area (Å²) in [6.07, 6.45) is 0. The summed E-state index contributed by atoms with van der Waals surface area (Å²) < 4.78 is 7.99. The quantitative estimate of drug-likeness (QED) is 0.395. The van der Waals surface area contributed by atoms with E-state index in [1.54, 1.807) is 49.0 Å². The number of esters is 1. The van der Waals surface area contributed by atoms with Crippen LogP contribution in [0.5, 0.6) is 0 Å². The number of aromatic nitrogens is 2. The molecule has 0 fully saturated rings. The van der Waals surface area contributed by atoms with E-state index in [9.17, 15) is 19.2 Å². The third kappa shape index (κ3) is 5.09. The predicted octanol–water partition coefficient (Wildman–Crippen LogP) is 1.86. The molecule has 3 aromatic rings. The molecule has 0 spiro atoms. The second kappa shape index (κ2) is 10.0. The summed E-state index contributed by atoms with van der Waals surface area (Å²) >= 11 is 1.11. The lowest BCUT2D eigenvalue weighted by Gasteiger charge is -2.09. The zero-order valence-electron chi connectivity index (χ0n) is 17.5. The van der Waals surface area contributed by atoms with Crippen molar-refractivity contribution in [3.8, 4) is 5.69 Å². The van der Waals surface area contributed by atoms with Crippen LogP contribution in [-0.4, -0.2) is 39.5 Å². The van der Waals surface area contributed by atoms with E-state index in [2.05, 4.69) is 5.32 Å². The maximum atomic E-state index is 12.9. The number of rotatable bonds is 8. The van der Waals surface area contributed by atoms with Gasteiger partial charge in [0, 0.05) is 11.9 Å². The van der Waals surface area contributed by atoms with Gasteiger partial charge in [0.05, 0.1) is 22.7 Å². The van der Waals surface area contributed by atoms with Crippen LogP contribution in [0.2, 0.25) is 0 Å². The van der Waals surface area contributed by atoms with E-state index in [0.29, 0.717) is 16.3 Å². The number of nitrogens with two attached hydrogens (primary N) is 1. The second-order valence-corrected chi connectivity index (χ2v) is 7.83. The molecule has 166 valence electrons. The number of carbonyl (C=O) groups excluding carboxylic acids is 3. The van der Waals surface area contributed by atoms with Crippen LogP contribution in [-0.2, 0) is 21.4 Å². The SMILES string of the molecule is Cc1c(NC(=O)CSc2ccccc2C(=O)OCC(N)=O)c(=O)n(-c2ccccc2)n1C. The molecule has 0 atom stereocenters. The first-order valence-corrected chi connectivity index (χ1v) is 10.6. The van der Waals surface area contributed by atoms with E-state index >= 15 is 0 Å². The Labute approximate surface area is 188 Å². The van der Waals surface area contributed by atoms with Crippen LogP contribution < -0.4 is 16.6 Å². The van der Waals surface area contributed by atoms with Gasteiger partial charge in [-0.25, -0.2) is 9.48 Å². The number of amides is 2. The fraction of sp³-hybridized carbons (Fsp3) is 0.182. The fourth-order valence-corrected chi connectivity index (χ4v) is 3.85. The van der Waals surface area contributed by atoms with E-state index < -0.39 is 24.4 Å². The first kappa shape index (κ1) is 22.9. The Morgan fingerprint density at radius 2 is 1.72 bits per heavy atom. The van der Waals surface area contributed by atoms with E-state index in [1.165, 1.54) is 10.7 Å². The van der Waals surface area contributed by atoms with Crippen LogP contribution in [0.4, 0.5) is 5.69 Å². The molecule has 10 heteroatoms. The van der Waals surface area contributed by atoms with Crippen molar-refractivity contribution in [3.05, 3.63) is 76.2 Å². The third-order valence-corrected chi connectivity index (χ3v) is 5.70. The van der Waals surface area contributed by atoms with Crippen molar-refractivity contribution in [1.82, 2.24) is 9.36 Å². The average molecular weight is 455 g/mol. The molecule has 1 heterocycles. The molecule has 3 N–H and O–H groups in total. The summed E-state index contributed by atoms with van der Waals surface area (Å²) in [7, 11) is 1.74. The number of hydrogen-bond donors (Lipinski definition) is 2. The molecule has 32 heavy (non-hydrogen) atoms. The molecular weight excluding hydrogens is 432 g/mol. The Hall–Kier alpha value is -3.79. The van der Waals surface area contributed by atoms with E-state index in [1.807, 2.05) is 18.2 Å². The summed E-state index contributed by atoms with van der Waals surface area (Å²) in [5, 5.41) is 2.68. The van der Waals surface area contributed by atoms with Crippen molar-refractivity contribution in [2.24, 2.45) is 12.8 Å². The highest BCUT2D eigenvalue weighted by molar-refractivity contribution is 8.00. The average Bonchev–Trinajstić information content (AvgIpc) is 2.99. The number of primary amides is 1. The van der Waals surface area contributed by atoms with Crippen LogP contribution in [0.25, 0.3) is 5.69 Å². The smallest absolute Gasteiger partial charge is 0.339 e. The number of thioether (sulfide) groups is 1. The molecule has 0 aliphatic rings. The Bertz CT molecular complexity index is 1220. The largest absolute Gasteiger partial charge is 0.452 e. The van der Waals surface area contributed by atoms with Crippen molar-refractivity contribution < 1.29 is 19.1 Å². The van der Waals surface area contributed by atoms with Crippen molar-refractivity contribution in [2.75, 3.05) is 17.7 Å². The Kier molecular flexibility index (Phi) is 7.16. The van der Waals surface area contributed by atoms with E-state index in [0.717, 1.165) is 11.8 Å². The van der Waals surface area contributed by atoms with Gasteiger partial charge in [-0.05, 0) is 31.2 Å². The Morgan fingerprint density at radius 3 is 2.41 bits per heavy atom. The molecular formula is C22H22N4O5S. The first-order chi connectivity index (χ1) is 15.3. The molecule has 2 amide bonds. The topological polar surface area (TPSA) is 125 Å². The molecule has 0 saturated carbocycles. The fourth-order valence-electron chi connectivity index (χ4n) is 3.01. The van der Waals surface area contributed by atoms with Crippen LogP contribution in [0.15, 0.2) is 64.3 Å². The number of para-hydroxylation sites is 1. The summed E-state index contributed by atoms with van der Waals surface area (Å²) in [4.78, 5) is 49.0. The highest BCUT2D eigenvalue weighted by Gasteiger charge is 2.19. The lowest BCUT2D eigenvalue weighted by atomic mass is 10.2. The molecule has 0 aliphatic carbocycles. The van der Waals surface area contributed by atoms with Gasteiger partial charge in [0.1, 0.15) is 5.69 Å². The molecule has 9 nitrogen and oxygen atoms in total. The molecule has 1 aromatic heterocycles. The highest BCUT2D eigenvalue weighted by Crippen LogP contribution is 2.24. The normalized spacial score (nSPS) is 10.6. The zero-order valence-corrected chi connectivity index (χ0v) is 18.3. The monoisotopic (exact) mass is 454 g/mol. The van der Waals surface area contributed by atoms with E-state index in [4.69, 9.17) is 10.5 Å². The minimum Gasteiger partial charge on any atom is -0.452 e. The van der Waals surface area contributed by atoms with Crippen LogP contribution in [0.1, 0.15) is 16.1 Å². The minimum atomic E-state index is -0.762. The molecule has 0 saturated heterocycles. The van der Waals surface area contributed by atoms with Crippen molar-refractivity contribution in [1.29, 1.82) is 0 Å². The standard InChI is InChI=1S/C22H22N4O5S/c1-14-20(21(29)26(25(14)2)15-8-4-3-5-9-15)24-19(28)13-32-17-11-7-6-10-16(17)22(30)31-12-18(23)27/h3-11H,12-13H2,1-2H3,(H2,23,27)(H,24,28). The molecule has 0 radical (unpaired) electrons. The van der Waals surface area contributed by atoms with Gasteiger partial charge in [0.2, 0.25) is 5.91 Å². The van der Waals surface area contributed by atoms with Gasteiger partial charge >= 0.3 is 5.97 Å². The summed E-state index contributed by atoms with van der Waals surface area (Å²) in [5.74, 6) is -1.92. The first-order valence-electron chi connectivity index (χ1n) is 9.60. The molecule has 2 aromatic carbocycles. The second-order valence-electron chi connectivity index (χ2n) is 6.81. The summed E-state index contributed by atoms with van der Waals surface area (Å²) in [6.45, 7) is 1.22. The lowest BCUT2D eigenvalue weighted by Crippen LogP contribution is -2.23. The molecule has 3 rings (SSSR count). The Balaban J connectivity index is 1.73. The zero-order chi connectivity index (χ0) is 23.3. The van der Waals surface area contributed by atoms with Crippen molar-refractivity contribution >= 4 is 35.2 Å². The van der Waals surface area contributed by atoms with Gasteiger partial charge < -0.3 is 15.8 Å². The van der Waals surface area contributed by atoms with Crippen LogP contribution in [0.3, 0.4) is 0 Å². The Morgan fingerprint density at radius 1 is 1.06 bits per heavy atom. The molecule has 0 aliphatic heterocycles. The number of carbonyl (C=O) groups is 3. The minimum absolute atomic E-state index is 0.0424. The summed E-state index contributed by atoms with van der Waals surface area (Å²) in [5.41, 5.74) is 6.35. The number of nitrogens with zero attached hydrogens (tertiary/aromatic N) is 2. The number of hydrogen-bond acceptors (Lipinski definition) is 6. The number of benzene rings is 2. The maximum Gasteiger partial charge on any atom is 0.339 e. The highest BCUT2D eigenvalue weighted by atomic mass is 32.2. The van der Waals surface area contributed by atoms with Gasteiger partial charge in [-0.3, -0.25) is 19.1 Å². The van der Waals surface area contributed by atoms with Crippen LogP contribution >= 0.6 is 11.8 Å². The van der Waals surface area contributed by atoms with Gasteiger partial charge in [-0.2, -0.15) is 0 Å². The molecule has 0 bridgehead atoms. The van der Waals surface area contributed by atoms with Crippen LogP contribution in [0, 0.1) is 6.92 Å². The summed E-state index contributed by atoms with van der Waals surface area (Å²) in [6, 6.07) is 15.7. The molecule has 0 unspecified atom stereocenters. The lowest BCUT2D eigenvalue weighted by molar-refractivity contribution is -0.121. The third-order valence-electron chi connectivity index (χ3n) is 4.63. The van der Waals surface area contributed by atoms with Crippen molar-refractivity contribution in [2.45, 2.75) is 11.8 Å². The van der Waals surface area contributed by atoms with Gasteiger partial charge in [0.15, 0.2) is 6.61 Å². The van der Waals surface area contributed by atoms with Gasteiger partial charge in [-0.1, -0.05) is 30.3 Å². The number of anilines is 1. The van der Waals surface area contributed by atoms with Gasteiger partial charge in [0.25, 0.3) is 11.5 Å². The van der Waals surface area contributed by atoms with E-state index in [-0.39, 0.29) is 22.6 Å². The number of ether oxygens (including phenoxy) is 1. The van der Waals surface area contributed by atoms with Gasteiger partial charge in [-0.15, -0.1) is 11.8 Å². The van der Waals surface area contributed by atoms with Crippen molar-refractivity contribution in [3.63, 3.8) is 0 Å². The maximum absolute atomic E-state index is 12.9. The number of nitrogens with one attached hydrogen (secondary N) is 1.